The highest BCUT2D eigenvalue weighted by Gasteiger charge is 2.19. The first kappa shape index (κ1) is 11.5. The fourth-order valence-corrected chi connectivity index (χ4v) is 3.18. The Morgan fingerprint density at radius 2 is 1.83 bits per heavy atom. The molecule has 1 aliphatic rings. The van der Waals surface area contributed by atoms with Crippen LogP contribution in [0.4, 0.5) is 0 Å². The summed E-state index contributed by atoms with van der Waals surface area (Å²) in [4.78, 5) is 15.7. The largest absolute Gasteiger partial charge is 0.358 e. The third kappa shape index (κ3) is 1.86. The molecule has 0 bridgehead atoms. The van der Waals surface area contributed by atoms with Crippen molar-refractivity contribution in [2.24, 2.45) is 0 Å². The number of hydrogen-bond acceptors (Lipinski definition) is 1. The summed E-state index contributed by atoms with van der Waals surface area (Å²) in [5.74, 6) is 0.558. The number of aromatic amines is 1. The van der Waals surface area contributed by atoms with Gasteiger partial charge >= 0.3 is 0 Å². The number of nitrogens with one attached hydrogen (secondary N) is 1. The molecule has 94 valence electrons. The van der Waals surface area contributed by atoms with Crippen molar-refractivity contribution in [1.82, 2.24) is 4.98 Å². The molecule has 1 fully saturated rings. The van der Waals surface area contributed by atoms with E-state index in [0.717, 1.165) is 22.2 Å². The molecule has 0 saturated heterocycles. The zero-order valence-corrected chi connectivity index (χ0v) is 11.0. The number of aromatic nitrogens is 1. The minimum Gasteiger partial charge on any atom is -0.358 e. The van der Waals surface area contributed by atoms with Gasteiger partial charge < -0.3 is 4.98 Å². The molecule has 1 heterocycles. The second-order valence-electron chi connectivity index (χ2n) is 5.57. The maximum absolute atomic E-state index is 12.2. The molecule has 18 heavy (non-hydrogen) atoms. The molecule has 1 aliphatic carbocycles. The van der Waals surface area contributed by atoms with E-state index in [0.29, 0.717) is 5.92 Å². The van der Waals surface area contributed by atoms with Gasteiger partial charge in [-0.15, -0.1) is 0 Å². The predicted molar refractivity (Wildman–Crippen MR) is 75.3 cm³/mol. The van der Waals surface area contributed by atoms with Crippen molar-refractivity contribution < 1.29 is 0 Å². The molecule has 1 aromatic heterocycles. The second kappa shape index (κ2) is 4.27. The molecule has 0 aliphatic heterocycles. The summed E-state index contributed by atoms with van der Waals surface area (Å²) in [5.41, 5.74) is 4.64. The van der Waals surface area contributed by atoms with E-state index in [1.165, 1.54) is 31.2 Å². The Kier molecular flexibility index (Phi) is 2.73. The van der Waals surface area contributed by atoms with Crippen LogP contribution in [-0.2, 0) is 0 Å². The molecule has 0 spiro atoms. The van der Waals surface area contributed by atoms with Gasteiger partial charge in [-0.3, -0.25) is 4.79 Å². The van der Waals surface area contributed by atoms with Crippen LogP contribution in [0.15, 0.2) is 23.0 Å². The number of H-pyrrole nitrogens is 1. The Labute approximate surface area is 107 Å². The number of hydrogen-bond donors (Lipinski definition) is 1. The topological polar surface area (TPSA) is 32.9 Å². The Morgan fingerprint density at radius 1 is 1.11 bits per heavy atom. The van der Waals surface area contributed by atoms with Crippen molar-refractivity contribution in [2.45, 2.75) is 45.4 Å². The lowest BCUT2D eigenvalue weighted by atomic mass is 10.0. The third-order valence-corrected chi connectivity index (χ3v) is 4.10. The van der Waals surface area contributed by atoms with Crippen LogP contribution in [0, 0.1) is 13.8 Å². The number of fused-ring (bicyclic) bond motifs is 1. The van der Waals surface area contributed by atoms with Gasteiger partial charge in [-0.2, -0.15) is 0 Å². The monoisotopic (exact) mass is 241 g/mol. The smallest absolute Gasteiger partial charge is 0.189 e. The van der Waals surface area contributed by atoms with Gasteiger partial charge in [0, 0.05) is 17.1 Å². The molecular weight excluding hydrogens is 222 g/mol. The van der Waals surface area contributed by atoms with Crippen molar-refractivity contribution in [1.29, 1.82) is 0 Å². The summed E-state index contributed by atoms with van der Waals surface area (Å²) in [6, 6.07) is 5.94. The molecule has 1 saturated carbocycles. The zero-order chi connectivity index (χ0) is 12.7. The molecule has 3 rings (SSSR count). The molecule has 2 heteroatoms. The van der Waals surface area contributed by atoms with Crippen LogP contribution in [0.25, 0.3) is 10.9 Å². The van der Waals surface area contributed by atoms with Gasteiger partial charge in [-0.25, -0.2) is 0 Å². The number of benzene rings is 1. The molecule has 0 unspecified atom stereocenters. The highest BCUT2D eigenvalue weighted by atomic mass is 16.1. The van der Waals surface area contributed by atoms with Crippen LogP contribution in [-0.4, -0.2) is 4.98 Å². The molecule has 2 nitrogen and oxygen atoms in total. The van der Waals surface area contributed by atoms with E-state index in [1.54, 1.807) is 0 Å². The summed E-state index contributed by atoms with van der Waals surface area (Å²) < 4.78 is 0. The fourth-order valence-electron chi connectivity index (χ4n) is 3.18. The third-order valence-electron chi connectivity index (χ3n) is 4.10. The molecule has 1 N–H and O–H groups in total. The lowest BCUT2D eigenvalue weighted by Crippen LogP contribution is -2.08. The maximum atomic E-state index is 12.2. The molecule has 0 amide bonds. The molecule has 0 radical (unpaired) electrons. The van der Waals surface area contributed by atoms with Gasteiger partial charge in [-0.05, 0) is 49.8 Å². The normalized spacial score (nSPS) is 16.6. The van der Waals surface area contributed by atoms with Gasteiger partial charge in [0.25, 0.3) is 0 Å². The van der Waals surface area contributed by atoms with Gasteiger partial charge in [0.1, 0.15) is 0 Å². The quantitative estimate of drug-likeness (QED) is 0.809. The van der Waals surface area contributed by atoms with Crippen molar-refractivity contribution in [3.63, 3.8) is 0 Å². The van der Waals surface area contributed by atoms with E-state index >= 15 is 0 Å². The van der Waals surface area contributed by atoms with E-state index in [1.807, 2.05) is 19.1 Å². The molecular formula is C16H19NO. The predicted octanol–water partition coefficient (Wildman–Crippen LogP) is 3.80. The van der Waals surface area contributed by atoms with Crippen LogP contribution in [0.5, 0.6) is 0 Å². The zero-order valence-electron chi connectivity index (χ0n) is 11.0. The second-order valence-corrected chi connectivity index (χ2v) is 5.57. The first-order valence-electron chi connectivity index (χ1n) is 6.79. The molecule has 0 atom stereocenters. The fraction of sp³-hybridized carbons (Fsp3) is 0.438. The summed E-state index contributed by atoms with van der Waals surface area (Å²) in [6.07, 6.45) is 5.01. The Bertz CT molecular complexity index is 648. The van der Waals surface area contributed by atoms with Crippen molar-refractivity contribution in [2.75, 3.05) is 0 Å². The Balaban J connectivity index is 2.23. The first-order chi connectivity index (χ1) is 8.65. The first-order valence-corrected chi connectivity index (χ1v) is 6.79. The minimum absolute atomic E-state index is 0.164. The summed E-state index contributed by atoms with van der Waals surface area (Å²) in [5, 5.41) is 0.828. The lowest BCUT2D eigenvalue weighted by molar-refractivity contribution is 0.700. The highest BCUT2D eigenvalue weighted by Crippen LogP contribution is 2.33. The van der Waals surface area contributed by atoms with Gasteiger partial charge in [0.05, 0.1) is 5.52 Å². The lowest BCUT2D eigenvalue weighted by Gasteiger charge is -2.12. The molecule has 1 aromatic carbocycles. The van der Waals surface area contributed by atoms with Gasteiger partial charge in [0.2, 0.25) is 0 Å². The van der Waals surface area contributed by atoms with Crippen LogP contribution in [0.2, 0.25) is 0 Å². The maximum Gasteiger partial charge on any atom is 0.189 e. The average Bonchev–Trinajstić information content (AvgIpc) is 2.83. The van der Waals surface area contributed by atoms with Crippen molar-refractivity contribution in [3.8, 4) is 0 Å². The van der Waals surface area contributed by atoms with E-state index in [9.17, 15) is 4.79 Å². The Morgan fingerprint density at radius 3 is 2.56 bits per heavy atom. The van der Waals surface area contributed by atoms with Crippen LogP contribution in [0.1, 0.15) is 48.4 Å². The Hall–Kier alpha value is -1.57. The number of rotatable bonds is 1. The summed E-state index contributed by atoms with van der Waals surface area (Å²) in [6.45, 7) is 4.11. The average molecular weight is 241 g/mol. The van der Waals surface area contributed by atoms with E-state index in [4.69, 9.17) is 0 Å². The standard InChI is InChI=1S/C16H19NO/c1-10-7-11(2)16-13(8-10)15(18)9-14(17-16)12-5-3-4-6-12/h7-9,12H,3-6H2,1-2H3,(H,17,18). The van der Waals surface area contributed by atoms with Crippen LogP contribution < -0.4 is 5.43 Å². The van der Waals surface area contributed by atoms with Crippen molar-refractivity contribution >= 4 is 10.9 Å². The molecule has 2 aromatic rings. The van der Waals surface area contributed by atoms with E-state index in [-0.39, 0.29) is 5.43 Å². The number of pyridine rings is 1. The summed E-state index contributed by atoms with van der Waals surface area (Å²) >= 11 is 0. The van der Waals surface area contributed by atoms with Gasteiger partial charge in [-0.1, -0.05) is 18.9 Å². The van der Waals surface area contributed by atoms with Gasteiger partial charge in [0.15, 0.2) is 5.43 Å². The summed E-state index contributed by atoms with van der Waals surface area (Å²) in [7, 11) is 0. The van der Waals surface area contributed by atoms with Crippen LogP contribution in [0.3, 0.4) is 0 Å². The SMILES string of the molecule is Cc1cc(C)c2[nH]c(C3CCCC3)cc(=O)c2c1. The van der Waals surface area contributed by atoms with E-state index < -0.39 is 0 Å². The highest BCUT2D eigenvalue weighted by molar-refractivity contribution is 5.82. The van der Waals surface area contributed by atoms with Crippen LogP contribution >= 0.6 is 0 Å². The number of aryl methyl sites for hydroxylation is 2. The van der Waals surface area contributed by atoms with E-state index in [2.05, 4.69) is 18.0 Å². The van der Waals surface area contributed by atoms with Crippen molar-refractivity contribution in [3.05, 3.63) is 45.2 Å². The minimum atomic E-state index is 0.164.